The monoisotopic (exact) mass is 374 g/mol. The molecule has 0 radical (unpaired) electrons. The fourth-order valence-electron chi connectivity index (χ4n) is 3.34. The standard InChI is InChI=1S/C19H16F6O/c20-13-7-16(23)19(17(24)8-13)26-9-10-1-3-11(4-2-10)12-5-14(21)18(25)15(22)6-12/h5-8,10-11H,1-4,9H2. The second-order valence-corrected chi connectivity index (χ2v) is 6.53. The molecule has 0 saturated heterocycles. The number of benzene rings is 2. The molecule has 0 heterocycles. The molecule has 0 spiro atoms. The van der Waals surface area contributed by atoms with E-state index in [-0.39, 0.29) is 18.4 Å². The molecule has 140 valence electrons. The minimum atomic E-state index is -1.49. The van der Waals surface area contributed by atoms with Crippen LogP contribution in [-0.4, -0.2) is 6.61 Å². The fourth-order valence-corrected chi connectivity index (χ4v) is 3.34. The zero-order chi connectivity index (χ0) is 18.8. The van der Waals surface area contributed by atoms with Crippen molar-refractivity contribution in [2.75, 3.05) is 6.61 Å². The van der Waals surface area contributed by atoms with Gasteiger partial charge in [0.15, 0.2) is 34.8 Å². The lowest BCUT2D eigenvalue weighted by molar-refractivity contribution is 0.187. The summed E-state index contributed by atoms with van der Waals surface area (Å²) < 4.78 is 84.9. The molecule has 1 aliphatic carbocycles. The molecule has 0 atom stereocenters. The molecule has 0 bridgehead atoms. The van der Waals surface area contributed by atoms with Gasteiger partial charge in [-0.25, -0.2) is 26.3 Å². The van der Waals surface area contributed by atoms with E-state index in [1.807, 2.05) is 0 Å². The van der Waals surface area contributed by atoms with Gasteiger partial charge >= 0.3 is 0 Å². The van der Waals surface area contributed by atoms with E-state index in [0.29, 0.717) is 43.4 Å². The van der Waals surface area contributed by atoms with Crippen molar-refractivity contribution in [3.63, 3.8) is 0 Å². The van der Waals surface area contributed by atoms with Crippen LogP contribution in [0, 0.1) is 40.8 Å². The summed E-state index contributed by atoms with van der Waals surface area (Å²) >= 11 is 0. The Hall–Kier alpha value is -2.18. The van der Waals surface area contributed by atoms with E-state index in [9.17, 15) is 26.3 Å². The molecule has 0 unspecified atom stereocenters. The third kappa shape index (κ3) is 3.97. The molecule has 1 nitrogen and oxygen atoms in total. The first kappa shape index (κ1) is 18.6. The summed E-state index contributed by atoms with van der Waals surface area (Å²) in [6, 6.07) is 3.10. The number of rotatable bonds is 4. The predicted octanol–water partition coefficient (Wildman–Crippen LogP) is 5.87. The Morgan fingerprint density at radius 2 is 1.27 bits per heavy atom. The highest BCUT2D eigenvalue weighted by atomic mass is 19.2. The summed E-state index contributed by atoms with van der Waals surface area (Å²) in [6.07, 6.45) is 2.42. The average Bonchev–Trinajstić information content (AvgIpc) is 2.59. The van der Waals surface area contributed by atoms with Crippen LogP contribution in [0.25, 0.3) is 0 Å². The van der Waals surface area contributed by atoms with Crippen molar-refractivity contribution in [3.8, 4) is 5.75 Å². The largest absolute Gasteiger partial charge is 0.487 e. The lowest BCUT2D eigenvalue weighted by Crippen LogP contribution is -2.20. The molecular formula is C19H16F6O. The van der Waals surface area contributed by atoms with E-state index in [0.717, 1.165) is 12.1 Å². The van der Waals surface area contributed by atoms with Gasteiger partial charge in [-0.15, -0.1) is 0 Å². The van der Waals surface area contributed by atoms with Crippen LogP contribution < -0.4 is 4.74 Å². The van der Waals surface area contributed by atoms with E-state index in [2.05, 4.69) is 0 Å². The Bertz CT molecular complexity index is 753. The van der Waals surface area contributed by atoms with E-state index in [1.54, 1.807) is 0 Å². The number of ether oxygens (including phenoxy) is 1. The Morgan fingerprint density at radius 1 is 0.731 bits per heavy atom. The second kappa shape index (κ2) is 7.60. The van der Waals surface area contributed by atoms with Gasteiger partial charge in [0.1, 0.15) is 5.82 Å². The van der Waals surface area contributed by atoms with Crippen LogP contribution in [0.1, 0.15) is 37.2 Å². The van der Waals surface area contributed by atoms with Crippen molar-refractivity contribution in [3.05, 3.63) is 64.7 Å². The first-order valence-electron chi connectivity index (χ1n) is 8.27. The maximum Gasteiger partial charge on any atom is 0.194 e. The third-order valence-corrected chi connectivity index (χ3v) is 4.75. The van der Waals surface area contributed by atoms with Crippen LogP contribution in [0.5, 0.6) is 5.75 Å². The van der Waals surface area contributed by atoms with Crippen molar-refractivity contribution in [1.82, 2.24) is 0 Å². The summed E-state index contributed by atoms with van der Waals surface area (Å²) in [5.74, 6) is -7.87. The lowest BCUT2D eigenvalue weighted by Gasteiger charge is -2.29. The zero-order valence-corrected chi connectivity index (χ0v) is 13.7. The fraction of sp³-hybridized carbons (Fsp3) is 0.368. The number of hydrogen-bond acceptors (Lipinski definition) is 1. The molecule has 0 aromatic heterocycles. The van der Waals surface area contributed by atoms with Gasteiger partial charge in [0.25, 0.3) is 0 Å². The molecule has 26 heavy (non-hydrogen) atoms. The van der Waals surface area contributed by atoms with E-state index < -0.39 is 40.7 Å². The molecule has 1 saturated carbocycles. The molecule has 1 fully saturated rings. The van der Waals surface area contributed by atoms with Crippen molar-refractivity contribution in [2.45, 2.75) is 31.6 Å². The van der Waals surface area contributed by atoms with Crippen LogP contribution in [0.15, 0.2) is 24.3 Å². The van der Waals surface area contributed by atoms with Gasteiger partial charge in [-0.2, -0.15) is 0 Å². The average molecular weight is 374 g/mol. The van der Waals surface area contributed by atoms with E-state index in [4.69, 9.17) is 4.74 Å². The molecular weight excluding hydrogens is 358 g/mol. The number of hydrogen-bond donors (Lipinski definition) is 0. The first-order valence-corrected chi connectivity index (χ1v) is 8.27. The van der Waals surface area contributed by atoms with Gasteiger partial charge in [0.2, 0.25) is 0 Å². The summed E-state index contributed by atoms with van der Waals surface area (Å²) in [7, 11) is 0. The topological polar surface area (TPSA) is 9.23 Å². The van der Waals surface area contributed by atoms with Crippen LogP contribution in [0.4, 0.5) is 26.3 Å². The molecule has 1 aliphatic rings. The Balaban J connectivity index is 1.58. The normalized spacial score (nSPS) is 20.2. The van der Waals surface area contributed by atoms with Crippen molar-refractivity contribution >= 4 is 0 Å². The maximum absolute atomic E-state index is 13.6. The van der Waals surface area contributed by atoms with Crippen LogP contribution in [0.3, 0.4) is 0 Å². The first-order chi connectivity index (χ1) is 12.3. The van der Waals surface area contributed by atoms with E-state index in [1.165, 1.54) is 0 Å². The quantitative estimate of drug-likeness (QED) is 0.480. The highest BCUT2D eigenvalue weighted by Crippen LogP contribution is 2.37. The van der Waals surface area contributed by atoms with Gasteiger partial charge < -0.3 is 4.74 Å². The summed E-state index contributed by atoms with van der Waals surface area (Å²) in [5, 5.41) is 0. The van der Waals surface area contributed by atoms with Crippen LogP contribution in [-0.2, 0) is 0 Å². The van der Waals surface area contributed by atoms with Crippen molar-refractivity contribution in [2.24, 2.45) is 5.92 Å². The smallest absolute Gasteiger partial charge is 0.194 e. The van der Waals surface area contributed by atoms with Gasteiger partial charge in [0.05, 0.1) is 6.61 Å². The molecule has 7 heteroatoms. The molecule has 2 aromatic rings. The summed E-state index contributed by atoms with van der Waals surface area (Å²) in [6.45, 7) is 0.0539. The van der Waals surface area contributed by atoms with Gasteiger partial charge in [-0.05, 0) is 55.2 Å². The molecule has 0 amide bonds. The van der Waals surface area contributed by atoms with E-state index >= 15 is 0 Å². The highest BCUT2D eigenvalue weighted by Gasteiger charge is 2.25. The van der Waals surface area contributed by atoms with Crippen LogP contribution in [0.2, 0.25) is 0 Å². The Labute approximate surface area is 146 Å². The molecule has 0 N–H and O–H groups in total. The third-order valence-electron chi connectivity index (χ3n) is 4.75. The summed E-state index contributed by atoms with van der Waals surface area (Å²) in [5.41, 5.74) is 0.399. The molecule has 2 aromatic carbocycles. The Morgan fingerprint density at radius 3 is 1.81 bits per heavy atom. The predicted molar refractivity (Wildman–Crippen MR) is 82.8 cm³/mol. The van der Waals surface area contributed by atoms with Gasteiger partial charge in [0, 0.05) is 12.1 Å². The maximum atomic E-state index is 13.6. The lowest BCUT2D eigenvalue weighted by atomic mass is 9.79. The van der Waals surface area contributed by atoms with Crippen molar-refractivity contribution < 1.29 is 31.1 Å². The highest BCUT2D eigenvalue weighted by molar-refractivity contribution is 5.27. The number of halogens is 6. The van der Waals surface area contributed by atoms with Crippen molar-refractivity contribution in [1.29, 1.82) is 0 Å². The molecule has 0 aliphatic heterocycles. The zero-order valence-electron chi connectivity index (χ0n) is 13.7. The van der Waals surface area contributed by atoms with Crippen LogP contribution >= 0.6 is 0 Å². The van der Waals surface area contributed by atoms with Gasteiger partial charge in [-0.1, -0.05) is 0 Å². The SMILES string of the molecule is Fc1cc(F)c(OCC2CCC(c3cc(F)c(F)c(F)c3)CC2)c(F)c1. The Kier molecular flexibility index (Phi) is 5.44. The van der Waals surface area contributed by atoms with Gasteiger partial charge in [-0.3, -0.25) is 0 Å². The molecule has 3 rings (SSSR count). The minimum Gasteiger partial charge on any atom is -0.487 e. The minimum absolute atomic E-state index is 0.00486. The summed E-state index contributed by atoms with van der Waals surface area (Å²) in [4.78, 5) is 0. The second-order valence-electron chi connectivity index (χ2n) is 6.53.